The lowest BCUT2D eigenvalue weighted by Gasteiger charge is -2.17. The van der Waals surface area contributed by atoms with Crippen LogP contribution in [0.5, 0.6) is 11.5 Å². The molecule has 2 aromatic carbocycles. The van der Waals surface area contributed by atoms with Gasteiger partial charge >= 0.3 is 0 Å². The van der Waals surface area contributed by atoms with Crippen LogP contribution in [0.2, 0.25) is 0 Å². The Balaban J connectivity index is 1.26. The van der Waals surface area contributed by atoms with E-state index in [9.17, 15) is 4.79 Å². The van der Waals surface area contributed by atoms with Crippen LogP contribution in [0.1, 0.15) is 29.5 Å². The maximum absolute atomic E-state index is 12.3. The largest absolute Gasteiger partial charge is 0.454 e. The van der Waals surface area contributed by atoms with Gasteiger partial charge in [-0.15, -0.1) is 0 Å². The smallest absolute Gasteiger partial charge is 0.231 e. The number of ether oxygens (including phenoxy) is 2. The number of benzene rings is 2. The zero-order chi connectivity index (χ0) is 18.6. The Hall–Kier alpha value is -2.53. The maximum atomic E-state index is 12.3. The standard InChI is InChI=1S/C22H26N2O3/c1-16-10-20-21(27-15-26-20)11-18(16)13-23-19-12-22(25)24(14-19)9-5-8-17-6-3-2-4-7-17/h2-4,6-7,10-11,19,23H,5,8-9,12-15H2,1H3/t19-/m1/s1. The van der Waals surface area contributed by atoms with Gasteiger partial charge in [-0.1, -0.05) is 30.3 Å². The minimum Gasteiger partial charge on any atom is -0.454 e. The highest BCUT2D eigenvalue weighted by Gasteiger charge is 2.28. The quantitative estimate of drug-likeness (QED) is 0.818. The van der Waals surface area contributed by atoms with Crippen molar-refractivity contribution in [2.24, 2.45) is 0 Å². The molecule has 0 spiro atoms. The van der Waals surface area contributed by atoms with Gasteiger partial charge in [0.2, 0.25) is 12.7 Å². The molecule has 1 fully saturated rings. The molecule has 142 valence electrons. The van der Waals surface area contributed by atoms with Crippen molar-refractivity contribution in [3.8, 4) is 11.5 Å². The van der Waals surface area contributed by atoms with Gasteiger partial charge in [-0.25, -0.2) is 0 Å². The zero-order valence-electron chi connectivity index (χ0n) is 15.7. The summed E-state index contributed by atoms with van der Waals surface area (Å²) in [5.74, 6) is 1.88. The molecule has 0 aliphatic carbocycles. The molecule has 27 heavy (non-hydrogen) atoms. The van der Waals surface area contributed by atoms with Gasteiger partial charge in [-0.2, -0.15) is 0 Å². The molecule has 0 unspecified atom stereocenters. The maximum Gasteiger partial charge on any atom is 0.231 e. The zero-order valence-corrected chi connectivity index (χ0v) is 15.7. The van der Waals surface area contributed by atoms with Crippen LogP contribution in [0.3, 0.4) is 0 Å². The highest BCUT2D eigenvalue weighted by Crippen LogP contribution is 2.34. The van der Waals surface area contributed by atoms with E-state index in [1.54, 1.807) is 0 Å². The molecule has 4 rings (SSSR count). The Bertz CT molecular complexity index is 807. The second-order valence-electron chi connectivity index (χ2n) is 7.34. The number of aryl methyl sites for hydroxylation is 2. The highest BCUT2D eigenvalue weighted by molar-refractivity contribution is 5.79. The lowest BCUT2D eigenvalue weighted by molar-refractivity contribution is -0.127. The van der Waals surface area contributed by atoms with Crippen molar-refractivity contribution in [2.45, 2.75) is 38.8 Å². The molecule has 0 radical (unpaired) electrons. The predicted octanol–water partition coefficient (Wildman–Crippen LogP) is 3.05. The van der Waals surface area contributed by atoms with Crippen molar-refractivity contribution in [1.82, 2.24) is 10.2 Å². The molecule has 0 aromatic heterocycles. The van der Waals surface area contributed by atoms with Crippen LogP contribution in [0.15, 0.2) is 42.5 Å². The first kappa shape index (κ1) is 17.9. The molecule has 1 saturated heterocycles. The summed E-state index contributed by atoms with van der Waals surface area (Å²) >= 11 is 0. The summed E-state index contributed by atoms with van der Waals surface area (Å²) < 4.78 is 10.9. The molecule has 2 aromatic rings. The van der Waals surface area contributed by atoms with Crippen LogP contribution in [-0.4, -0.2) is 36.7 Å². The number of fused-ring (bicyclic) bond motifs is 1. The van der Waals surface area contributed by atoms with Crippen LogP contribution < -0.4 is 14.8 Å². The van der Waals surface area contributed by atoms with E-state index in [1.807, 2.05) is 23.1 Å². The summed E-state index contributed by atoms with van der Waals surface area (Å²) in [5.41, 5.74) is 3.70. The van der Waals surface area contributed by atoms with E-state index in [1.165, 1.54) is 16.7 Å². The number of carbonyl (C=O) groups excluding carboxylic acids is 1. The van der Waals surface area contributed by atoms with E-state index in [0.717, 1.165) is 44.0 Å². The third-order valence-electron chi connectivity index (χ3n) is 5.36. The summed E-state index contributed by atoms with van der Waals surface area (Å²) in [6.45, 7) is 4.72. The number of nitrogens with zero attached hydrogens (tertiary/aromatic N) is 1. The summed E-state index contributed by atoms with van der Waals surface area (Å²) in [7, 11) is 0. The molecule has 1 amide bonds. The molecule has 5 heteroatoms. The van der Waals surface area contributed by atoms with Crippen molar-refractivity contribution in [2.75, 3.05) is 19.9 Å². The van der Waals surface area contributed by atoms with Gasteiger partial charge in [0.1, 0.15) is 0 Å². The topological polar surface area (TPSA) is 50.8 Å². The van der Waals surface area contributed by atoms with Crippen LogP contribution in [-0.2, 0) is 17.8 Å². The fourth-order valence-electron chi connectivity index (χ4n) is 3.77. The van der Waals surface area contributed by atoms with Crippen LogP contribution in [0.4, 0.5) is 0 Å². The average molecular weight is 366 g/mol. The van der Waals surface area contributed by atoms with E-state index < -0.39 is 0 Å². The summed E-state index contributed by atoms with van der Waals surface area (Å²) in [5, 5.41) is 3.54. The van der Waals surface area contributed by atoms with Gasteiger partial charge in [0.15, 0.2) is 11.5 Å². The van der Waals surface area contributed by atoms with E-state index in [2.05, 4.69) is 36.5 Å². The second kappa shape index (κ2) is 8.01. The van der Waals surface area contributed by atoms with Gasteiger partial charge in [-0.05, 0) is 48.6 Å². The number of hydrogen-bond donors (Lipinski definition) is 1. The molecule has 5 nitrogen and oxygen atoms in total. The van der Waals surface area contributed by atoms with Crippen LogP contribution in [0.25, 0.3) is 0 Å². The van der Waals surface area contributed by atoms with Crippen molar-refractivity contribution in [3.63, 3.8) is 0 Å². The molecule has 0 bridgehead atoms. The van der Waals surface area contributed by atoms with Gasteiger partial charge in [0.05, 0.1) is 0 Å². The molecule has 2 aliphatic rings. The van der Waals surface area contributed by atoms with Crippen molar-refractivity contribution in [1.29, 1.82) is 0 Å². The number of carbonyl (C=O) groups is 1. The number of rotatable bonds is 7. The van der Waals surface area contributed by atoms with E-state index in [-0.39, 0.29) is 11.9 Å². The Labute approximate surface area is 160 Å². The average Bonchev–Trinajstić information content (AvgIpc) is 3.26. The lowest BCUT2D eigenvalue weighted by Crippen LogP contribution is -2.33. The molecule has 2 heterocycles. The number of amides is 1. The van der Waals surface area contributed by atoms with Gasteiger partial charge < -0.3 is 19.7 Å². The first-order valence-corrected chi connectivity index (χ1v) is 9.63. The Morgan fingerprint density at radius 1 is 1.15 bits per heavy atom. The SMILES string of the molecule is Cc1cc2c(cc1CN[C@@H]1CC(=O)N(CCCc3ccccc3)C1)OCO2. The fraction of sp³-hybridized carbons (Fsp3) is 0.409. The van der Waals surface area contributed by atoms with Crippen molar-refractivity contribution < 1.29 is 14.3 Å². The number of hydrogen-bond acceptors (Lipinski definition) is 4. The Morgan fingerprint density at radius 2 is 1.93 bits per heavy atom. The highest BCUT2D eigenvalue weighted by atomic mass is 16.7. The second-order valence-corrected chi connectivity index (χ2v) is 7.34. The lowest BCUT2D eigenvalue weighted by atomic mass is 10.1. The molecule has 2 aliphatic heterocycles. The van der Waals surface area contributed by atoms with Gasteiger partial charge in [0.25, 0.3) is 0 Å². The summed E-state index contributed by atoms with van der Waals surface area (Å²) in [6, 6.07) is 14.7. The van der Waals surface area contributed by atoms with E-state index >= 15 is 0 Å². The predicted molar refractivity (Wildman–Crippen MR) is 104 cm³/mol. The minimum atomic E-state index is 0.207. The van der Waals surface area contributed by atoms with Crippen molar-refractivity contribution >= 4 is 5.91 Å². The number of likely N-dealkylation sites (tertiary alicyclic amines) is 1. The molecule has 1 N–H and O–H groups in total. The molecular formula is C22H26N2O3. The summed E-state index contributed by atoms with van der Waals surface area (Å²) in [6.07, 6.45) is 2.60. The van der Waals surface area contributed by atoms with E-state index in [0.29, 0.717) is 13.2 Å². The summed E-state index contributed by atoms with van der Waals surface area (Å²) in [4.78, 5) is 14.3. The van der Waals surface area contributed by atoms with Gasteiger partial charge in [0, 0.05) is 32.1 Å². The third kappa shape index (κ3) is 4.25. The monoisotopic (exact) mass is 366 g/mol. The van der Waals surface area contributed by atoms with Crippen LogP contribution >= 0.6 is 0 Å². The minimum absolute atomic E-state index is 0.207. The van der Waals surface area contributed by atoms with Crippen LogP contribution in [0, 0.1) is 6.92 Å². The van der Waals surface area contributed by atoms with Crippen molar-refractivity contribution in [3.05, 3.63) is 59.2 Å². The Morgan fingerprint density at radius 3 is 2.74 bits per heavy atom. The molecule has 0 saturated carbocycles. The molecule has 1 atom stereocenters. The van der Waals surface area contributed by atoms with Gasteiger partial charge in [-0.3, -0.25) is 4.79 Å². The molecular weight excluding hydrogens is 340 g/mol. The van der Waals surface area contributed by atoms with E-state index in [4.69, 9.17) is 9.47 Å². The Kier molecular flexibility index (Phi) is 5.30. The normalized spacial score (nSPS) is 18.3. The fourth-order valence-corrected chi connectivity index (χ4v) is 3.77. The first-order chi connectivity index (χ1) is 13.2. The first-order valence-electron chi connectivity index (χ1n) is 9.63. The third-order valence-corrected chi connectivity index (χ3v) is 5.36. The number of nitrogens with one attached hydrogen (secondary N) is 1.